The third-order valence-corrected chi connectivity index (χ3v) is 5.24. The van der Waals surface area contributed by atoms with Crippen molar-refractivity contribution in [1.82, 2.24) is 4.90 Å². The summed E-state index contributed by atoms with van der Waals surface area (Å²) < 4.78 is 46.0. The topological polar surface area (TPSA) is 82.1 Å². The smallest absolute Gasteiger partial charge is 0.418 e. The van der Waals surface area contributed by atoms with Gasteiger partial charge in [0.2, 0.25) is 0 Å². The van der Waals surface area contributed by atoms with Crippen molar-refractivity contribution in [3.8, 4) is 0 Å². The molecule has 164 valence electrons. The maximum Gasteiger partial charge on any atom is 0.418 e. The van der Waals surface area contributed by atoms with Gasteiger partial charge in [-0.3, -0.25) is 4.79 Å². The molecule has 0 aromatic heterocycles. The second-order valence-corrected chi connectivity index (χ2v) is 7.20. The Balaban J connectivity index is 1.97. The molecule has 2 N–H and O–H groups in total. The normalized spacial score (nSPS) is 17.6. The van der Waals surface area contributed by atoms with Gasteiger partial charge in [0, 0.05) is 25.3 Å². The zero-order valence-electron chi connectivity index (χ0n) is 16.6. The van der Waals surface area contributed by atoms with E-state index in [-0.39, 0.29) is 36.7 Å². The second-order valence-electron chi connectivity index (χ2n) is 7.20. The highest BCUT2D eigenvalue weighted by Gasteiger charge is 2.38. The first-order chi connectivity index (χ1) is 14.3. The Labute approximate surface area is 172 Å². The number of rotatable bonds is 6. The lowest BCUT2D eigenvalue weighted by molar-refractivity contribution is -0.137. The van der Waals surface area contributed by atoms with E-state index in [1.807, 2.05) is 4.90 Å². The predicted octanol–water partition coefficient (Wildman–Crippen LogP) is 2.37. The fourth-order valence-electron chi connectivity index (χ4n) is 3.71. The van der Waals surface area contributed by atoms with Gasteiger partial charge in [-0.1, -0.05) is 0 Å². The molecule has 3 rings (SSSR count). The van der Waals surface area contributed by atoms with Crippen LogP contribution in [-0.4, -0.2) is 61.8 Å². The van der Waals surface area contributed by atoms with Gasteiger partial charge in [0.05, 0.1) is 37.1 Å². The van der Waals surface area contributed by atoms with Crippen LogP contribution in [0.25, 0.3) is 0 Å². The van der Waals surface area contributed by atoms with Gasteiger partial charge in [-0.2, -0.15) is 13.2 Å². The quantitative estimate of drug-likeness (QED) is 0.679. The largest absolute Gasteiger partial charge is 0.466 e. The number of halogens is 3. The molecule has 0 bridgehead atoms. The Morgan fingerprint density at radius 3 is 2.53 bits per heavy atom. The standard InChI is InChI=1S/C20H24F3N3O4/c1-30-19(29)14-12-26(9-10-27)18(28)17(14)24-16-6-5-13(11-15(16)20(21,22)23)25-7-3-2-4-8-25/h5-6,11,24,27H,2-4,7-10,12H2,1H3. The van der Waals surface area contributed by atoms with E-state index in [4.69, 9.17) is 5.11 Å². The molecule has 1 fully saturated rings. The number of aliphatic hydroxyl groups excluding tert-OH is 1. The summed E-state index contributed by atoms with van der Waals surface area (Å²) in [5.74, 6) is -1.48. The molecular formula is C20H24F3N3O4. The maximum atomic E-state index is 13.8. The van der Waals surface area contributed by atoms with E-state index >= 15 is 0 Å². The van der Waals surface area contributed by atoms with E-state index in [9.17, 15) is 22.8 Å². The first-order valence-electron chi connectivity index (χ1n) is 9.71. The van der Waals surface area contributed by atoms with E-state index in [1.165, 1.54) is 11.0 Å². The number of carbonyl (C=O) groups is 2. The summed E-state index contributed by atoms with van der Waals surface area (Å²) in [4.78, 5) is 27.7. The SMILES string of the molecule is COC(=O)C1=C(Nc2ccc(N3CCCCC3)cc2C(F)(F)F)C(=O)N(CCO)C1. The third-order valence-electron chi connectivity index (χ3n) is 5.24. The van der Waals surface area contributed by atoms with Crippen molar-refractivity contribution >= 4 is 23.3 Å². The molecule has 10 heteroatoms. The summed E-state index contributed by atoms with van der Waals surface area (Å²) in [5, 5.41) is 11.6. The average molecular weight is 427 g/mol. The van der Waals surface area contributed by atoms with Crippen molar-refractivity contribution in [3.05, 3.63) is 35.0 Å². The Morgan fingerprint density at radius 1 is 1.23 bits per heavy atom. The summed E-state index contributed by atoms with van der Waals surface area (Å²) in [6.45, 7) is 0.838. The zero-order chi connectivity index (χ0) is 21.9. The number of hydrogen-bond acceptors (Lipinski definition) is 6. The summed E-state index contributed by atoms with van der Waals surface area (Å²) in [6.07, 6.45) is -1.76. The number of aliphatic hydroxyl groups is 1. The first kappa shape index (κ1) is 21.9. The molecule has 2 aliphatic rings. The maximum absolute atomic E-state index is 13.8. The summed E-state index contributed by atoms with van der Waals surface area (Å²) in [5.41, 5.74) is -1.13. The number of esters is 1. The van der Waals surface area contributed by atoms with Crippen molar-refractivity contribution in [1.29, 1.82) is 0 Å². The Hall–Kier alpha value is -2.75. The third kappa shape index (κ3) is 4.53. The van der Waals surface area contributed by atoms with Crippen LogP contribution in [0.4, 0.5) is 24.5 Å². The number of nitrogens with zero attached hydrogens (tertiary/aromatic N) is 2. The lowest BCUT2D eigenvalue weighted by Crippen LogP contribution is -2.31. The molecule has 2 aliphatic heterocycles. The molecule has 0 unspecified atom stereocenters. The highest BCUT2D eigenvalue weighted by atomic mass is 19.4. The molecule has 30 heavy (non-hydrogen) atoms. The molecule has 0 atom stereocenters. The van der Waals surface area contributed by atoms with Crippen LogP contribution in [-0.2, 0) is 20.5 Å². The minimum absolute atomic E-state index is 0.0511. The molecule has 2 heterocycles. The summed E-state index contributed by atoms with van der Waals surface area (Å²) in [6, 6.07) is 3.92. The van der Waals surface area contributed by atoms with Gasteiger partial charge in [0.25, 0.3) is 5.91 Å². The lowest BCUT2D eigenvalue weighted by atomic mass is 10.1. The van der Waals surface area contributed by atoms with Crippen LogP contribution >= 0.6 is 0 Å². The minimum atomic E-state index is -4.66. The van der Waals surface area contributed by atoms with Crippen LogP contribution in [0.15, 0.2) is 29.5 Å². The minimum Gasteiger partial charge on any atom is -0.466 e. The molecule has 1 amide bonds. The van der Waals surface area contributed by atoms with Gasteiger partial charge in [0.15, 0.2) is 0 Å². The molecule has 0 radical (unpaired) electrons. The number of β-amino-alcohol motifs (C(OH)–C–C–N with tert-alkyl or cyclic N) is 1. The Bertz CT molecular complexity index is 848. The fourth-order valence-corrected chi connectivity index (χ4v) is 3.71. The number of amides is 1. The van der Waals surface area contributed by atoms with Crippen LogP contribution < -0.4 is 10.2 Å². The number of anilines is 2. The van der Waals surface area contributed by atoms with Gasteiger partial charge < -0.3 is 25.0 Å². The van der Waals surface area contributed by atoms with E-state index < -0.39 is 23.6 Å². The zero-order valence-corrected chi connectivity index (χ0v) is 16.6. The molecular weight excluding hydrogens is 403 g/mol. The Kier molecular flexibility index (Phi) is 6.55. The molecule has 1 aromatic rings. The van der Waals surface area contributed by atoms with Crippen molar-refractivity contribution in [2.24, 2.45) is 0 Å². The number of hydrogen-bond donors (Lipinski definition) is 2. The van der Waals surface area contributed by atoms with Crippen LogP contribution in [0.5, 0.6) is 0 Å². The van der Waals surface area contributed by atoms with Crippen LogP contribution in [0.2, 0.25) is 0 Å². The van der Waals surface area contributed by atoms with E-state index in [0.29, 0.717) is 18.8 Å². The fraction of sp³-hybridized carbons (Fsp3) is 0.500. The lowest BCUT2D eigenvalue weighted by Gasteiger charge is -2.30. The van der Waals surface area contributed by atoms with Crippen LogP contribution in [0, 0.1) is 0 Å². The number of piperidine rings is 1. The van der Waals surface area contributed by atoms with Crippen molar-refractivity contribution in [3.63, 3.8) is 0 Å². The van der Waals surface area contributed by atoms with Gasteiger partial charge in [0.1, 0.15) is 5.70 Å². The molecule has 0 saturated carbocycles. The van der Waals surface area contributed by atoms with Gasteiger partial charge >= 0.3 is 12.1 Å². The summed E-state index contributed by atoms with van der Waals surface area (Å²) in [7, 11) is 1.13. The van der Waals surface area contributed by atoms with Crippen LogP contribution in [0.1, 0.15) is 24.8 Å². The second kappa shape index (κ2) is 8.95. The molecule has 1 saturated heterocycles. The van der Waals surface area contributed by atoms with E-state index in [2.05, 4.69) is 10.1 Å². The van der Waals surface area contributed by atoms with Crippen molar-refractivity contribution in [2.45, 2.75) is 25.4 Å². The average Bonchev–Trinajstić information content (AvgIpc) is 3.03. The number of benzene rings is 1. The first-order valence-corrected chi connectivity index (χ1v) is 9.71. The van der Waals surface area contributed by atoms with Gasteiger partial charge in [-0.15, -0.1) is 0 Å². The number of carbonyl (C=O) groups excluding carboxylic acids is 2. The number of nitrogens with one attached hydrogen (secondary N) is 1. The number of methoxy groups -OCH3 is 1. The van der Waals surface area contributed by atoms with E-state index in [1.54, 1.807) is 6.07 Å². The van der Waals surface area contributed by atoms with Crippen LogP contribution in [0.3, 0.4) is 0 Å². The van der Waals surface area contributed by atoms with Crippen molar-refractivity contribution in [2.75, 3.05) is 50.1 Å². The predicted molar refractivity (Wildman–Crippen MR) is 104 cm³/mol. The molecule has 1 aromatic carbocycles. The Morgan fingerprint density at radius 2 is 1.93 bits per heavy atom. The van der Waals surface area contributed by atoms with Crippen molar-refractivity contribution < 1.29 is 32.6 Å². The molecule has 0 spiro atoms. The monoisotopic (exact) mass is 427 g/mol. The molecule has 7 nitrogen and oxygen atoms in total. The van der Waals surface area contributed by atoms with Gasteiger partial charge in [-0.05, 0) is 37.5 Å². The molecule has 0 aliphatic carbocycles. The summed E-state index contributed by atoms with van der Waals surface area (Å²) >= 11 is 0. The number of ether oxygens (including phenoxy) is 1. The van der Waals surface area contributed by atoms with E-state index in [0.717, 1.165) is 32.4 Å². The highest BCUT2D eigenvalue weighted by molar-refractivity contribution is 6.08. The highest BCUT2D eigenvalue weighted by Crippen LogP contribution is 2.39. The van der Waals surface area contributed by atoms with Gasteiger partial charge in [-0.25, -0.2) is 4.79 Å². The number of alkyl halides is 3.